The molecule has 26 heavy (non-hydrogen) atoms. The molecule has 0 unspecified atom stereocenters. The predicted molar refractivity (Wildman–Crippen MR) is 103 cm³/mol. The summed E-state index contributed by atoms with van der Waals surface area (Å²) in [5.41, 5.74) is -0.0438. The molecule has 0 radical (unpaired) electrons. The van der Waals surface area contributed by atoms with Crippen molar-refractivity contribution in [1.29, 1.82) is 0 Å². The molecule has 0 aliphatic carbocycles. The fourth-order valence-corrected chi connectivity index (χ4v) is 2.22. The van der Waals surface area contributed by atoms with Crippen LogP contribution in [0.3, 0.4) is 0 Å². The van der Waals surface area contributed by atoms with Crippen LogP contribution in [0.2, 0.25) is 0 Å². The average Bonchev–Trinajstić information content (AvgIpc) is 2.53. The zero-order valence-electron chi connectivity index (χ0n) is 15.4. The van der Waals surface area contributed by atoms with E-state index in [4.69, 9.17) is 4.74 Å². The third kappa shape index (κ3) is 9.31. The first-order valence-corrected chi connectivity index (χ1v) is 8.93. The van der Waals surface area contributed by atoms with Crippen molar-refractivity contribution in [2.75, 3.05) is 19.6 Å². The van der Waals surface area contributed by atoms with Crippen LogP contribution < -0.4 is 16.0 Å². The van der Waals surface area contributed by atoms with Crippen LogP contribution in [0.15, 0.2) is 29.2 Å². The number of rotatable bonds is 8. The SMILES string of the molecule is CC(C)(C)OC(=O)NCCC(=O)NCCCNC(=O)c1ccccc1S. The van der Waals surface area contributed by atoms with Gasteiger partial charge in [-0.1, -0.05) is 12.1 Å². The van der Waals surface area contributed by atoms with Crippen molar-refractivity contribution in [3.05, 3.63) is 29.8 Å². The molecule has 3 amide bonds. The third-order valence-corrected chi connectivity index (χ3v) is 3.52. The van der Waals surface area contributed by atoms with Gasteiger partial charge in [0.2, 0.25) is 5.91 Å². The van der Waals surface area contributed by atoms with Crippen LogP contribution in [0.5, 0.6) is 0 Å². The molecule has 0 aromatic heterocycles. The Balaban J connectivity index is 2.11. The van der Waals surface area contributed by atoms with Crippen molar-refractivity contribution in [1.82, 2.24) is 16.0 Å². The third-order valence-electron chi connectivity index (χ3n) is 3.13. The lowest BCUT2D eigenvalue weighted by Gasteiger charge is -2.19. The van der Waals surface area contributed by atoms with Crippen molar-refractivity contribution in [2.24, 2.45) is 0 Å². The van der Waals surface area contributed by atoms with Gasteiger partial charge in [0.25, 0.3) is 5.91 Å². The molecule has 0 aliphatic rings. The highest BCUT2D eigenvalue weighted by Crippen LogP contribution is 2.12. The Hall–Kier alpha value is -2.22. The van der Waals surface area contributed by atoms with Gasteiger partial charge in [-0.15, -0.1) is 12.6 Å². The minimum absolute atomic E-state index is 0.165. The molecule has 1 rings (SSSR count). The highest BCUT2D eigenvalue weighted by Gasteiger charge is 2.15. The van der Waals surface area contributed by atoms with Crippen molar-refractivity contribution in [2.45, 2.75) is 44.1 Å². The van der Waals surface area contributed by atoms with Crippen molar-refractivity contribution in [3.8, 4) is 0 Å². The van der Waals surface area contributed by atoms with Gasteiger partial charge >= 0.3 is 6.09 Å². The smallest absolute Gasteiger partial charge is 0.407 e. The second-order valence-corrected chi connectivity index (χ2v) is 7.14. The molecule has 1 aromatic carbocycles. The van der Waals surface area contributed by atoms with Crippen molar-refractivity contribution < 1.29 is 19.1 Å². The quantitative estimate of drug-likeness (QED) is 0.410. The van der Waals surface area contributed by atoms with E-state index in [9.17, 15) is 14.4 Å². The normalized spacial score (nSPS) is 10.8. The topological polar surface area (TPSA) is 96.5 Å². The summed E-state index contributed by atoms with van der Waals surface area (Å²) in [4.78, 5) is 35.7. The van der Waals surface area contributed by atoms with Crippen LogP contribution in [-0.2, 0) is 9.53 Å². The standard InChI is InChI=1S/C18H27N3O4S/c1-18(2,3)25-17(24)21-12-9-15(22)19-10-6-11-20-16(23)13-7-4-5-8-14(13)26/h4-5,7-8,26H,6,9-12H2,1-3H3,(H,19,22)(H,20,23)(H,21,24). The number of benzene rings is 1. The summed E-state index contributed by atoms with van der Waals surface area (Å²) in [6, 6.07) is 7.05. The lowest BCUT2D eigenvalue weighted by molar-refractivity contribution is -0.120. The molecule has 0 saturated carbocycles. The maximum absolute atomic E-state index is 12.0. The molecule has 0 spiro atoms. The lowest BCUT2D eigenvalue weighted by atomic mass is 10.2. The zero-order chi connectivity index (χ0) is 19.6. The summed E-state index contributed by atoms with van der Waals surface area (Å²) in [5.74, 6) is -0.364. The van der Waals surface area contributed by atoms with Gasteiger partial charge in [-0.3, -0.25) is 9.59 Å². The second kappa shape index (κ2) is 10.7. The Morgan fingerprint density at radius 3 is 2.31 bits per heavy atom. The van der Waals surface area contributed by atoms with E-state index in [2.05, 4.69) is 28.6 Å². The number of alkyl carbamates (subject to hydrolysis) is 1. The molecule has 0 atom stereocenters. The number of hydrogen-bond acceptors (Lipinski definition) is 5. The minimum atomic E-state index is -0.565. The Bertz CT molecular complexity index is 629. The summed E-state index contributed by atoms with van der Waals surface area (Å²) in [6.07, 6.45) is 0.224. The van der Waals surface area contributed by atoms with E-state index in [1.54, 1.807) is 39.0 Å². The largest absolute Gasteiger partial charge is 0.444 e. The highest BCUT2D eigenvalue weighted by molar-refractivity contribution is 7.80. The molecule has 7 nitrogen and oxygen atoms in total. The summed E-state index contributed by atoms with van der Waals surface area (Å²) in [5, 5.41) is 8.04. The first-order chi connectivity index (χ1) is 12.2. The first kappa shape index (κ1) is 21.8. The van der Waals surface area contributed by atoms with Gasteiger partial charge in [-0.05, 0) is 39.3 Å². The monoisotopic (exact) mass is 381 g/mol. The number of amides is 3. The van der Waals surface area contributed by atoms with Crippen molar-refractivity contribution in [3.63, 3.8) is 0 Å². The predicted octanol–water partition coefficient (Wildman–Crippen LogP) is 2.13. The Labute approximate surface area is 159 Å². The van der Waals surface area contributed by atoms with E-state index in [-0.39, 0.29) is 24.8 Å². The van der Waals surface area contributed by atoms with E-state index in [0.717, 1.165) is 0 Å². The van der Waals surface area contributed by atoms with E-state index in [0.29, 0.717) is 30.0 Å². The van der Waals surface area contributed by atoms with Crippen LogP contribution in [-0.4, -0.2) is 43.1 Å². The van der Waals surface area contributed by atoms with Crippen LogP contribution in [0.4, 0.5) is 4.79 Å². The van der Waals surface area contributed by atoms with E-state index >= 15 is 0 Å². The van der Waals surface area contributed by atoms with Gasteiger partial charge in [-0.25, -0.2) is 4.79 Å². The van der Waals surface area contributed by atoms with Gasteiger partial charge in [0.1, 0.15) is 5.60 Å². The molecule has 0 saturated heterocycles. The molecule has 1 aromatic rings. The molecule has 0 bridgehead atoms. The molecule has 0 fully saturated rings. The number of carbonyl (C=O) groups excluding carboxylic acids is 3. The second-order valence-electron chi connectivity index (χ2n) is 6.66. The summed E-state index contributed by atoms with van der Waals surface area (Å²) < 4.78 is 5.07. The highest BCUT2D eigenvalue weighted by atomic mass is 32.1. The van der Waals surface area contributed by atoms with E-state index in [1.807, 2.05) is 6.07 Å². The van der Waals surface area contributed by atoms with Crippen molar-refractivity contribution >= 4 is 30.5 Å². The van der Waals surface area contributed by atoms with Gasteiger partial charge in [0.05, 0.1) is 5.56 Å². The number of nitrogens with one attached hydrogen (secondary N) is 3. The van der Waals surface area contributed by atoms with Gasteiger partial charge < -0.3 is 20.7 Å². The maximum atomic E-state index is 12.0. The van der Waals surface area contributed by atoms with Crippen LogP contribution >= 0.6 is 12.6 Å². The zero-order valence-corrected chi connectivity index (χ0v) is 16.3. The molecule has 8 heteroatoms. The van der Waals surface area contributed by atoms with Gasteiger partial charge in [-0.2, -0.15) is 0 Å². The Morgan fingerprint density at radius 1 is 1.00 bits per heavy atom. The summed E-state index contributed by atoms with van der Waals surface area (Å²) in [6.45, 7) is 6.40. The first-order valence-electron chi connectivity index (χ1n) is 8.49. The number of thiol groups is 1. The Morgan fingerprint density at radius 2 is 1.65 bits per heavy atom. The van der Waals surface area contributed by atoms with Crippen LogP contribution in [0.25, 0.3) is 0 Å². The average molecular weight is 381 g/mol. The van der Waals surface area contributed by atoms with E-state index < -0.39 is 11.7 Å². The molecule has 144 valence electrons. The number of carbonyl (C=O) groups is 3. The fraction of sp³-hybridized carbons (Fsp3) is 0.500. The molecule has 3 N–H and O–H groups in total. The lowest BCUT2D eigenvalue weighted by Crippen LogP contribution is -2.35. The summed E-state index contributed by atoms with van der Waals surface area (Å²) in [7, 11) is 0. The minimum Gasteiger partial charge on any atom is -0.444 e. The fourth-order valence-electron chi connectivity index (χ4n) is 1.96. The molecular formula is C18H27N3O4S. The molecule has 0 heterocycles. The maximum Gasteiger partial charge on any atom is 0.407 e. The molecule has 0 aliphatic heterocycles. The van der Waals surface area contributed by atoms with Crippen LogP contribution in [0, 0.1) is 0 Å². The van der Waals surface area contributed by atoms with E-state index in [1.165, 1.54) is 0 Å². The number of hydrogen-bond donors (Lipinski definition) is 4. The van der Waals surface area contributed by atoms with Crippen LogP contribution in [0.1, 0.15) is 44.0 Å². The summed E-state index contributed by atoms with van der Waals surface area (Å²) >= 11 is 4.24. The van der Waals surface area contributed by atoms with Gasteiger partial charge in [0, 0.05) is 31.0 Å². The number of ether oxygens (including phenoxy) is 1. The van der Waals surface area contributed by atoms with Gasteiger partial charge in [0.15, 0.2) is 0 Å². The Kier molecular flexibility index (Phi) is 8.98. The molecular weight excluding hydrogens is 354 g/mol.